The Bertz CT molecular complexity index is 1030. The summed E-state index contributed by atoms with van der Waals surface area (Å²) in [5.74, 6) is 2.37. The highest BCUT2D eigenvalue weighted by atomic mass is 16.1. The van der Waals surface area contributed by atoms with Crippen molar-refractivity contribution in [3.8, 4) is 0 Å². The fraction of sp³-hybridized carbons (Fsp3) is 0.577. The van der Waals surface area contributed by atoms with Crippen LogP contribution in [0.4, 0.5) is 11.8 Å². The number of para-hydroxylation sites is 1. The van der Waals surface area contributed by atoms with E-state index in [1.165, 1.54) is 31.3 Å². The summed E-state index contributed by atoms with van der Waals surface area (Å²) in [5, 5.41) is 11.4. The summed E-state index contributed by atoms with van der Waals surface area (Å²) in [6.07, 6.45) is 11.7. The lowest BCUT2D eigenvalue weighted by molar-refractivity contribution is -0.121. The molecular weight excluding hydrogens is 412 g/mol. The van der Waals surface area contributed by atoms with Gasteiger partial charge in [-0.1, -0.05) is 25.0 Å². The number of fused-ring (bicyclic) bond motifs is 2. The molecule has 1 aliphatic heterocycles. The number of hydrogen-bond donors (Lipinski definition) is 3. The fourth-order valence-corrected chi connectivity index (χ4v) is 5.77. The Hall–Kier alpha value is -2.83. The maximum atomic E-state index is 12.7. The van der Waals surface area contributed by atoms with Crippen LogP contribution in [0.15, 0.2) is 36.0 Å². The molecule has 7 heteroatoms. The molecule has 2 aromatic rings. The third-order valence-corrected chi connectivity index (χ3v) is 7.52. The van der Waals surface area contributed by atoms with E-state index in [1.54, 1.807) is 0 Å². The van der Waals surface area contributed by atoms with E-state index in [4.69, 9.17) is 9.97 Å². The second-order valence-electron chi connectivity index (χ2n) is 10.1. The summed E-state index contributed by atoms with van der Waals surface area (Å²) < 4.78 is 0. The van der Waals surface area contributed by atoms with Crippen LogP contribution in [0.5, 0.6) is 0 Å². The Morgan fingerprint density at radius 3 is 2.61 bits per heavy atom. The molecule has 1 aromatic heterocycles. The second-order valence-corrected chi connectivity index (χ2v) is 10.1. The number of benzene rings is 1. The normalized spacial score (nSPS) is 26.8. The fourth-order valence-electron chi connectivity index (χ4n) is 5.77. The maximum absolute atomic E-state index is 12.7. The summed E-state index contributed by atoms with van der Waals surface area (Å²) in [5.41, 5.74) is 2.26. The third-order valence-electron chi connectivity index (χ3n) is 7.52. The van der Waals surface area contributed by atoms with E-state index >= 15 is 0 Å². The quantitative estimate of drug-likeness (QED) is 0.620. The van der Waals surface area contributed by atoms with Gasteiger partial charge in [-0.25, -0.2) is 4.98 Å². The highest BCUT2D eigenvalue weighted by Crippen LogP contribution is 2.35. The monoisotopic (exact) mass is 448 g/mol. The van der Waals surface area contributed by atoms with Crippen molar-refractivity contribution in [2.75, 3.05) is 24.3 Å². The average Bonchev–Trinajstić information content (AvgIpc) is 3.22. The molecule has 5 rings (SSSR count). The molecule has 2 saturated carbocycles. The number of nitrogens with zero attached hydrogens (tertiary/aromatic N) is 3. The van der Waals surface area contributed by atoms with E-state index in [9.17, 15) is 4.79 Å². The lowest BCUT2D eigenvalue weighted by Crippen LogP contribution is -2.40. The minimum absolute atomic E-state index is 0.180. The van der Waals surface area contributed by atoms with E-state index in [1.807, 2.05) is 37.2 Å². The molecule has 0 saturated heterocycles. The highest BCUT2D eigenvalue weighted by Gasteiger charge is 2.33. The Morgan fingerprint density at radius 1 is 1.03 bits per heavy atom. The molecule has 2 fully saturated rings. The molecule has 2 aliphatic carbocycles. The van der Waals surface area contributed by atoms with Crippen molar-refractivity contribution in [2.24, 2.45) is 5.92 Å². The van der Waals surface area contributed by atoms with Gasteiger partial charge in [0.25, 0.3) is 0 Å². The minimum atomic E-state index is 0.180. The number of aromatic nitrogens is 2. The molecule has 1 aromatic carbocycles. The van der Waals surface area contributed by atoms with Crippen LogP contribution in [0.1, 0.15) is 57.8 Å². The standard InChI is InChI=1S/C26H36N6O/c1-32(2)25-21-8-4-6-10-23(21)30-26(31-25)29-19-13-11-18(12-14-19)28-24(33)15-17-16-27-22-9-5-3-7-20(17)22/h4,6,8,10,16,18-20,22,27H,3,5,7,9,11-15H2,1-2H3,(H,28,33)(H,29,30,31). The van der Waals surface area contributed by atoms with Crippen LogP contribution >= 0.6 is 0 Å². The molecule has 1 amide bonds. The Kier molecular flexibility index (Phi) is 6.38. The smallest absolute Gasteiger partial charge is 0.225 e. The molecule has 7 nitrogen and oxygen atoms in total. The lowest BCUT2D eigenvalue weighted by Gasteiger charge is -2.30. The van der Waals surface area contributed by atoms with Crippen LogP contribution in [0.25, 0.3) is 10.9 Å². The van der Waals surface area contributed by atoms with Crippen molar-refractivity contribution >= 4 is 28.6 Å². The zero-order valence-corrected chi connectivity index (χ0v) is 19.8. The molecule has 2 unspecified atom stereocenters. The number of nitrogens with one attached hydrogen (secondary N) is 3. The Labute approximate surface area is 196 Å². The van der Waals surface area contributed by atoms with Gasteiger partial charge in [0, 0.05) is 49.9 Å². The van der Waals surface area contributed by atoms with Gasteiger partial charge in [-0.05, 0) is 62.4 Å². The first-order chi connectivity index (χ1) is 16.1. The summed E-state index contributed by atoms with van der Waals surface area (Å²) in [6, 6.07) is 9.30. The summed E-state index contributed by atoms with van der Waals surface area (Å²) in [4.78, 5) is 24.3. The number of rotatable bonds is 6. The largest absolute Gasteiger partial charge is 0.388 e. The van der Waals surface area contributed by atoms with Crippen LogP contribution < -0.4 is 20.9 Å². The van der Waals surface area contributed by atoms with Crippen molar-refractivity contribution in [1.82, 2.24) is 20.6 Å². The highest BCUT2D eigenvalue weighted by molar-refractivity contribution is 5.90. The van der Waals surface area contributed by atoms with Gasteiger partial charge in [0.1, 0.15) is 5.82 Å². The lowest BCUT2D eigenvalue weighted by atomic mass is 9.81. The van der Waals surface area contributed by atoms with Gasteiger partial charge in [-0.3, -0.25) is 4.79 Å². The van der Waals surface area contributed by atoms with E-state index in [-0.39, 0.29) is 11.9 Å². The van der Waals surface area contributed by atoms with Crippen molar-refractivity contribution in [3.05, 3.63) is 36.0 Å². The molecule has 3 N–H and O–H groups in total. The molecule has 0 radical (unpaired) electrons. The van der Waals surface area contributed by atoms with Crippen LogP contribution in [-0.4, -0.2) is 48.1 Å². The van der Waals surface area contributed by atoms with Crippen LogP contribution in [0.2, 0.25) is 0 Å². The molecule has 2 atom stereocenters. The predicted octanol–water partition coefficient (Wildman–Crippen LogP) is 3.97. The van der Waals surface area contributed by atoms with E-state index in [0.29, 0.717) is 30.4 Å². The van der Waals surface area contributed by atoms with Gasteiger partial charge in [0.05, 0.1) is 5.52 Å². The number of hydrogen-bond acceptors (Lipinski definition) is 6. The number of amides is 1. The average molecular weight is 449 g/mol. The van der Waals surface area contributed by atoms with Gasteiger partial charge in [-0.2, -0.15) is 4.98 Å². The van der Waals surface area contributed by atoms with Gasteiger partial charge in [-0.15, -0.1) is 0 Å². The Morgan fingerprint density at radius 2 is 1.79 bits per heavy atom. The molecule has 3 aliphatic rings. The summed E-state index contributed by atoms with van der Waals surface area (Å²) in [7, 11) is 4.02. The predicted molar refractivity (Wildman–Crippen MR) is 133 cm³/mol. The maximum Gasteiger partial charge on any atom is 0.225 e. The van der Waals surface area contributed by atoms with Crippen molar-refractivity contribution < 1.29 is 4.79 Å². The van der Waals surface area contributed by atoms with Crippen LogP contribution in [0.3, 0.4) is 0 Å². The first kappa shape index (κ1) is 22.0. The van der Waals surface area contributed by atoms with E-state index in [0.717, 1.165) is 42.4 Å². The molecule has 33 heavy (non-hydrogen) atoms. The van der Waals surface area contributed by atoms with Gasteiger partial charge in [0.2, 0.25) is 11.9 Å². The zero-order chi connectivity index (χ0) is 22.8. The van der Waals surface area contributed by atoms with Gasteiger partial charge in [0.15, 0.2) is 0 Å². The Balaban J connectivity index is 1.13. The molecule has 0 spiro atoms. The van der Waals surface area contributed by atoms with Crippen molar-refractivity contribution in [1.29, 1.82) is 0 Å². The van der Waals surface area contributed by atoms with Gasteiger partial charge >= 0.3 is 0 Å². The number of anilines is 2. The van der Waals surface area contributed by atoms with Crippen molar-refractivity contribution in [3.63, 3.8) is 0 Å². The molecule has 176 valence electrons. The first-order valence-corrected chi connectivity index (χ1v) is 12.5. The van der Waals surface area contributed by atoms with Crippen LogP contribution in [-0.2, 0) is 4.79 Å². The van der Waals surface area contributed by atoms with Crippen LogP contribution in [0, 0.1) is 5.92 Å². The molecule has 2 heterocycles. The van der Waals surface area contributed by atoms with E-state index in [2.05, 4.69) is 28.2 Å². The summed E-state index contributed by atoms with van der Waals surface area (Å²) >= 11 is 0. The second kappa shape index (κ2) is 9.57. The number of carbonyl (C=O) groups is 1. The van der Waals surface area contributed by atoms with E-state index < -0.39 is 0 Å². The first-order valence-electron chi connectivity index (χ1n) is 12.5. The summed E-state index contributed by atoms with van der Waals surface area (Å²) in [6.45, 7) is 0. The zero-order valence-electron chi connectivity index (χ0n) is 19.8. The third kappa shape index (κ3) is 4.92. The number of carbonyl (C=O) groups excluding carboxylic acids is 1. The molecular formula is C26H36N6O. The SMILES string of the molecule is CN(C)c1nc(NC2CCC(NC(=O)CC3=CNC4CCCCC34)CC2)nc2ccccc12. The van der Waals surface area contributed by atoms with Crippen molar-refractivity contribution in [2.45, 2.75) is 75.9 Å². The molecule has 0 bridgehead atoms. The minimum Gasteiger partial charge on any atom is -0.388 e. The van der Waals surface area contributed by atoms with Gasteiger partial charge < -0.3 is 20.9 Å². The topological polar surface area (TPSA) is 82.2 Å².